The van der Waals surface area contributed by atoms with Gasteiger partial charge in [0, 0.05) is 5.56 Å². The highest BCUT2D eigenvalue weighted by Gasteiger charge is 2.08. The van der Waals surface area contributed by atoms with Crippen LogP contribution in [0.15, 0.2) is 42.5 Å². The third-order valence-corrected chi connectivity index (χ3v) is 2.96. The van der Waals surface area contributed by atoms with E-state index in [0.717, 1.165) is 16.7 Å². The highest BCUT2D eigenvalue weighted by atomic mass is 16.5. The maximum absolute atomic E-state index is 11.0. The van der Waals surface area contributed by atoms with Crippen molar-refractivity contribution in [2.24, 2.45) is 0 Å². The van der Waals surface area contributed by atoms with Gasteiger partial charge in [-0.1, -0.05) is 30.3 Å². The van der Waals surface area contributed by atoms with Crippen molar-refractivity contribution in [1.82, 2.24) is 0 Å². The largest absolute Gasteiger partial charge is 0.545 e. The molecular weight excluding hydrogens is 240 g/mol. The van der Waals surface area contributed by atoms with Crippen LogP contribution in [0, 0.1) is 6.92 Å². The monoisotopic (exact) mass is 255 g/mol. The number of carboxylic acid groups (broad SMARTS) is 1. The Morgan fingerprint density at radius 1 is 1.21 bits per heavy atom. The van der Waals surface area contributed by atoms with Gasteiger partial charge in [0.1, 0.15) is 5.75 Å². The average Bonchev–Trinajstić information content (AvgIpc) is 2.39. The number of ether oxygens (including phenoxy) is 1. The summed E-state index contributed by atoms with van der Waals surface area (Å²) in [4.78, 5) is 11.0. The van der Waals surface area contributed by atoms with E-state index in [1.165, 1.54) is 6.07 Å². The van der Waals surface area contributed by atoms with E-state index in [2.05, 4.69) is 0 Å². The van der Waals surface area contributed by atoms with Gasteiger partial charge in [-0.25, -0.2) is 0 Å². The first kappa shape index (κ1) is 13.1. The number of carbonyl (C=O) groups excluding carboxylic acids is 1. The molecule has 98 valence electrons. The van der Waals surface area contributed by atoms with E-state index >= 15 is 0 Å². The van der Waals surface area contributed by atoms with E-state index in [0.29, 0.717) is 12.4 Å². The molecule has 0 amide bonds. The SMILES string of the molecule is CCOc1cc(-c2ccccc2C)ccc1C(=O)[O-]. The van der Waals surface area contributed by atoms with Gasteiger partial charge in [0.25, 0.3) is 0 Å². The Bertz CT molecular complexity index is 603. The lowest BCUT2D eigenvalue weighted by molar-refractivity contribution is -0.255. The molecular formula is C16H15O3-. The van der Waals surface area contributed by atoms with Gasteiger partial charge < -0.3 is 14.6 Å². The average molecular weight is 255 g/mol. The molecule has 0 N–H and O–H groups in total. The first-order chi connectivity index (χ1) is 9.13. The molecule has 0 atom stereocenters. The summed E-state index contributed by atoms with van der Waals surface area (Å²) in [5, 5.41) is 11.0. The van der Waals surface area contributed by atoms with Crippen molar-refractivity contribution in [2.45, 2.75) is 13.8 Å². The lowest BCUT2D eigenvalue weighted by Crippen LogP contribution is -2.23. The summed E-state index contributed by atoms with van der Waals surface area (Å²) in [6, 6.07) is 13.0. The van der Waals surface area contributed by atoms with Crippen LogP contribution in [0.3, 0.4) is 0 Å². The topological polar surface area (TPSA) is 49.4 Å². The van der Waals surface area contributed by atoms with Gasteiger partial charge in [-0.05, 0) is 42.7 Å². The number of hydrogen-bond donors (Lipinski definition) is 0. The third kappa shape index (κ3) is 2.76. The van der Waals surface area contributed by atoms with Gasteiger partial charge in [0.05, 0.1) is 12.6 Å². The highest BCUT2D eigenvalue weighted by molar-refractivity contribution is 5.90. The molecule has 0 unspecified atom stereocenters. The second-order valence-electron chi connectivity index (χ2n) is 4.25. The summed E-state index contributed by atoms with van der Waals surface area (Å²) in [6.45, 7) is 4.25. The van der Waals surface area contributed by atoms with Crippen LogP contribution in [0.5, 0.6) is 5.75 Å². The second-order valence-corrected chi connectivity index (χ2v) is 4.25. The van der Waals surface area contributed by atoms with E-state index in [-0.39, 0.29) is 5.56 Å². The van der Waals surface area contributed by atoms with Crippen molar-refractivity contribution < 1.29 is 14.6 Å². The molecule has 0 aliphatic rings. The lowest BCUT2D eigenvalue weighted by Gasteiger charge is -2.13. The quantitative estimate of drug-likeness (QED) is 0.843. The van der Waals surface area contributed by atoms with Gasteiger partial charge >= 0.3 is 0 Å². The number of aromatic carboxylic acids is 1. The summed E-state index contributed by atoms with van der Waals surface area (Å²) in [5.74, 6) is -0.872. The molecule has 3 nitrogen and oxygen atoms in total. The summed E-state index contributed by atoms with van der Waals surface area (Å²) in [6.07, 6.45) is 0. The smallest absolute Gasteiger partial charge is 0.128 e. The van der Waals surface area contributed by atoms with Gasteiger partial charge in [0.2, 0.25) is 0 Å². The Morgan fingerprint density at radius 3 is 2.58 bits per heavy atom. The number of aryl methyl sites for hydroxylation is 1. The lowest BCUT2D eigenvalue weighted by atomic mass is 9.99. The Kier molecular flexibility index (Phi) is 3.85. The molecule has 0 bridgehead atoms. The number of hydrogen-bond acceptors (Lipinski definition) is 3. The second kappa shape index (κ2) is 5.57. The van der Waals surface area contributed by atoms with Crippen LogP contribution in [-0.4, -0.2) is 12.6 Å². The standard InChI is InChI=1S/C16H16O3/c1-3-19-15-10-12(8-9-14(15)16(17)18)13-7-5-4-6-11(13)2/h4-10H,3H2,1-2H3,(H,17,18)/p-1. The van der Waals surface area contributed by atoms with Crippen LogP contribution in [0.1, 0.15) is 22.8 Å². The van der Waals surface area contributed by atoms with E-state index in [1.54, 1.807) is 12.1 Å². The summed E-state index contributed by atoms with van der Waals surface area (Å²) >= 11 is 0. The maximum Gasteiger partial charge on any atom is 0.128 e. The van der Waals surface area contributed by atoms with E-state index in [1.807, 2.05) is 38.1 Å². The highest BCUT2D eigenvalue weighted by Crippen LogP contribution is 2.29. The predicted molar refractivity (Wildman–Crippen MR) is 72.1 cm³/mol. The first-order valence-electron chi connectivity index (χ1n) is 6.17. The summed E-state index contributed by atoms with van der Waals surface area (Å²) in [5.41, 5.74) is 3.21. The molecule has 0 spiro atoms. The fraction of sp³-hybridized carbons (Fsp3) is 0.188. The van der Waals surface area contributed by atoms with Crippen molar-refractivity contribution >= 4 is 5.97 Å². The molecule has 0 radical (unpaired) electrons. The number of benzene rings is 2. The van der Waals surface area contributed by atoms with Crippen molar-refractivity contribution in [1.29, 1.82) is 0 Å². The number of carboxylic acids is 1. The molecule has 2 rings (SSSR count). The molecule has 19 heavy (non-hydrogen) atoms. The minimum absolute atomic E-state index is 0.0826. The van der Waals surface area contributed by atoms with Crippen molar-refractivity contribution in [3.63, 3.8) is 0 Å². The normalized spacial score (nSPS) is 10.2. The van der Waals surface area contributed by atoms with E-state index in [9.17, 15) is 9.90 Å². The zero-order valence-corrected chi connectivity index (χ0v) is 11.0. The molecule has 0 fully saturated rings. The molecule has 0 aromatic heterocycles. The van der Waals surface area contributed by atoms with Gasteiger partial charge in [0.15, 0.2) is 0 Å². The number of rotatable bonds is 4. The Labute approximate surface area is 112 Å². The van der Waals surface area contributed by atoms with Crippen molar-refractivity contribution in [2.75, 3.05) is 6.61 Å². The zero-order valence-electron chi connectivity index (χ0n) is 11.0. The Morgan fingerprint density at radius 2 is 1.95 bits per heavy atom. The van der Waals surface area contributed by atoms with E-state index in [4.69, 9.17) is 4.74 Å². The van der Waals surface area contributed by atoms with Crippen LogP contribution in [-0.2, 0) is 0 Å². The minimum atomic E-state index is -1.22. The molecule has 2 aromatic carbocycles. The maximum atomic E-state index is 11.0. The Hall–Kier alpha value is -2.29. The molecule has 0 saturated carbocycles. The Balaban J connectivity index is 2.52. The summed E-state index contributed by atoms with van der Waals surface area (Å²) in [7, 11) is 0. The number of carbonyl (C=O) groups is 1. The molecule has 0 aliphatic carbocycles. The fourth-order valence-corrected chi connectivity index (χ4v) is 2.03. The van der Waals surface area contributed by atoms with Crippen molar-refractivity contribution in [3.8, 4) is 16.9 Å². The molecule has 2 aromatic rings. The third-order valence-electron chi connectivity index (χ3n) is 2.96. The van der Waals surface area contributed by atoms with Gasteiger partial charge in [-0.3, -0.25) is 0 Å². The van der Waals surface area contributed by atoms with Crippen molar-refractivity contribution in [3.05, 3.63) is 53.6 Å². The van der Waals surface area contributed by atoms with Crippen LogP contribution in [0.4, 0.5) is 0 Å². The predicted octanol–water partition coefficient (Wildman–Crippen LogP) is 2.42. The van der Waals surface area contributed by atoms with Crippen LogP contribution < -0.4 is 9.84 Å². The fourth-order valence-electron chi connectivity index (χ4n) is 2.03. The molecule has 0 heterocycles. The molecule has 3 heteroatoms. The first-order valence-corrected chi connectivity index (χ1v) is 6.17. The van der Waals surface area contributed by atoms with Crippen LogP contribution >= 0.6 is 0 Å². The molecule has 0 saturated heterocycles. The summed E-state index contributed by atoms with van der Waals surface area (Å²) < 4.78 is 5.38. The zero-order chi connectivity index (χ0) is 13.8. The minimum Gasteiger partial charge on any atom is -0.545 e. The van der Waals surface area contributed by atoms with Gasteiger partial charge in [-0.15, -0.1) is 0 Å². The van der Waals surface area contributed by atoms with Gasteiger partial charge in [-0.2, -0.15) is 0 Å². The van der Waals surface area contributed by atoms with E-state index < -0.39 is 5.97 Å². The van der Waals surface area contributed by atoms with Crippen LogP contribution in [0.2, 0.25) is 0 Å². The molecule has 0 aliphatic heterocycles. The van der Waals surface area contributed by atoms with Crippen LogP contribution in [0.25, 0.3) is 11.1 Å².